The summed E-state index contributed by atoms with van der Waals surface area (Å²) in [6, 6.07) is 8.06. The minimum absolute atomic E-state index is 0.0846. The molecule has 4 nitrogen and oxygen atoms in total. The summed E-state index contributed by atoms with van der Waals surface area (Å²) in [5.41, 5.74) is 3.14. The Morgan fingerprint density at radius 1 is 1.42 bits per heavy atom. The number of Topliss-reactive ketones (excluding diaryl/α,β-unsaturated/α-hetero) is 1. The van der Waals surface area contributed by atoms with Gasteiger partial charge in [0.15, 0.2) is 5.78 Å². The predicted molar refractivity (Wildman–Crippen MR) is 76.0 cm³/mol. The molecule has 1 N–H and O–H groups in total. The summed E-state index contributed by atoms with van der Waals surface area (Å²) < 4.78 is 2.37. The molecule has 0 aliphatic carbocycles. The average Bonchev–Trinajstić information content (AvgIpc) is 2.77. The normalized spacial score (nSPS) is 18.1. The summed E-state index contributed by atoms with van der Waals surface area (Å²) in [7, 11) is 1.79. The van der Waals surface area contributed by atoms with E-state index < -0.39 is 0 Å². The second-order valence-electron chi connectivity index (χ2n) is 4.74. The standard InChI is InChI=1S/C14H14BrN3O/c1-18-13(11(15)8-17-18)14(19)12-6-9-4-2-3-5-10(9)7-16-12/h2-5,8,12,16H,6-7H2,1H3. The number of hydrogen-bond donors (Lipinski definition) is 1. The lowest BCUT2D eigenvalue weighted by molar-refractivity contribution is 0.0927. The molecule has 2 aromatic rings. The van der Waals surface area contributed by atoms with Crippen molar-refractivity contribution in [2.45, 2.75) is 19.0 Å². The first-order chi connectivity index (χ1) is 9.16. The first kappa shape index (κ1) is 12.6. The van der Waals surface area contributed by atoms with Crippen LogP contribution in [0, 0.1) is 0 Å². The molecule has 98 valence electrons. The third-order valence-corrected chi connectivity index (χ3v) is 4.11. The van der Waals surface area contributed by atoms with Crippen LogP contribution in [0.3, 0.4) is 0 Å². The Kier molecular flexibility index (Phi) is 3.24. The highest BCUT2D eigenvalue weighted by atomic mass is 79.9. The third-order valence-electron chi connectivity index (χ3n) is 3.53. The van der Waals surface area contributed by atoms with Crippen LogP contribution < -0.4 is 5.32 Å². The molecule has 0 fully saturated rings. The molecule has 0 amide bonds. The minimum atomic E-state index is -0.179. The van der Waals surface area contributed by atoms with Crippen LogP contribution in [0.4, 0.5) is 0 Å². The second kappa shape index (κ2) is 4.90. The van der Waals surface area contributed by atoms with Crippen LogP contribution in [0.5, 0.6) is 0 Å². The van der Waals surface area contributed by atoms with Crippen LogP contribution in [-0.4, -0.2) is 21.6 Å². The molecule has 1 atom stereocenters. The van der Waals surface area contributed by atoms with E-state index in [-0.39, 0.29) is 11.8 Å². The number of halogens is 1. The van der Waals surface area contributed by atoms with E-state index >= 15 is 0 Å². The van der Waals surface area contributed by atoms with Gasteiger partial charge in [-0.15, -0.1) is 0 Å². The summed E-state index contributed by atoms with van der Waals surface area (Å²) in [6.07, 6.45) is 2.39. The van der Waals surface area contributed by atoms with Crippen LogP contribution in [0.2, 0.25) is 0 Å². The maximum absolute atomic E-state index is 12.6. The summed E-state index contributed by atoms with van der Waals surface area (Å²) >= 11 is 3.38. The summed E-state index contributed by atoms with van der Waals surface area (Å²) in [5.74, 6) is 0.0846. The topological polar surface area (TPSA) is 46.9 Å². The van der Waals surface area contributed by atoms with E-state index in [2.05, 4.69) is 38.5 Å². The van der Waals surface area contributed by atoms with Crippen molar-refractivity contribution in [1.82, 2.24) is 15.1 Å². The van der Waals surface area contributed by atoms with Gasteiger partial charge in [-0.05, 0) is 33.5 Å². The van der Waals surface area contributed by atoms with Crippen LogP contribution in [0.25, 0.3) is 0 Å². The van der Waals surface area contributed by atoms with Gasteiger partial charge in [-0.2, -0.15) is 5.10 Å². The van der Waals surface area contributed by atoms with Crippen LogP contribution in [0.15, 0.2) is 34.9 Å². The molecular weight excluding hydrogens is 306 g/mol. The van der Waals surface area contributed by atoms with Crippen LogP contribution >= 0.6 is 15.9 Å². The van der Waals surface area contributed by atoms with Crippen molar-refractivity contribution in [2.75, 3.05) is 0 Å². The monoisotopic (exact) mass is 319 g/mol. The average molecular weight is 320 g/mol. The number of nitrogens with zero attached hydrogens (tertiary/aromatic N) is 2. The van der Waals surface area contributed by atoms with Crippen molar-refractivity contribution in [3.63, 3.8) is 0 Å². The zero-order valence-corrected chi connectivity index (χ0v) is 12.1. The van der Waals surface area contributed by atoms with E-state index in [4.69, 9.17) is 0 Å². The lowest BCUT2D eigenvalue weighted by atomic mass is 9.93. The number of fused-ring (bicyclic) bond motifs is 1. The van der Waals surface area contributed by atoms with Gasteiger partial charge in [-0.1, -0.05) is 24.3 Å². The second-order valence-corrected chi connectivity index (χ2v) is 5.59. The molecule has 1 unspecified atom stereocenters. The van der Waals surface area contributed by atoms with Crippen molar-refractivity contribution in [2.24, 2.45) is 7.05 Å². The number of rotatable bonds is 2. The fourth-order valence-electron chi connectivity index (χ4n) is 2.49. The van der Waals surface area contributed by atoms with Gasteiger partial charge >= 0.3 is 0 Å². The SMILES string of the molecule is Cn1ncc(Br)c1C(=O)C1Cc2ccccc2CN1. The fraction of sp³-hybridized carbons (Fsp3) is 0.286. The van der Waals surface area contributed by atoms with Crippen molar-refractivity contribution in [3.8, 4) is 0 Å². The number of ketones is 1. The predicted octanol–water partition coefficient (Wildman–Crippen LogP) is 2.08. The highest BCUT2D eigenvalue weighted by Gasteiger charge is 2.28. The van der Waals surface area contributed by atoms with Crippen molar-refractivity contribution in [3.05, 3.63) is 51.8 Å². The molecule has 19 heavy (non-hydrogen) atoms. The first-order valence-corrected chi connectivity index (χ1v) is 6.98. The molecule has 3 rings (SSSR count). The summed E-state index contributed by atoms with van der Waals surface area (Å²) in [5, 5.41) is 7.40. The smallest absolute Gasteiger partial charge is 0.199 e. The van der Waals surface area contributed by atoms with Crippen LogP contribution in [0.1, 0.15) is 21.6 Å². The number of benzene rings is 1. The number of hydrogen-bond acceptors (Lipinski definition) is 3. The maximum Gasteiger partial charge on any atom is 0.199 e. The van der Waals surface area contributed by atoms with Crippen molar-refractivity contribution in [1.29, 1.82) is 0 Å². The maximum atomic E-state index is 12.6. The fourth-order valence-corrected chi connectivity index (χ4v) is 3.04. The first-order valence-electron chi connectivity index (χ1n) is 6.18. The third kappa shape index (κ3) is 2.24. The van der Waals surface area contributed by atoms with Gasteiger partial charge in [0.25, 0.3) is 0 Å². The van der Waals surface area contributed by atoms with Crippen molar-refractivity contribution >= 4 is 21.7 Å². The number of carbonyl (C=O) groups excluding carboxylic acids is 1. The van der Waals surface area contributed by atoms with Gasteiger partial charge in [-0.25, -0.2) is 0 Å². The van der Waals surface area contributed by atoms with Gasteiger partial charge in [-0.3, -0.25) is 9.48 Å². The van der Waals surface area contributed by atoms with E-state index in [1.807, 2.05) is 12.1 Å². The Hall–Kier alpha value is -1.46. The zero-order valence-electron chi connectivity index (χ0n) is 10.6. The van der Waals surface area contributed by atoms with E-state index in [9.17, 15) is 4.79 Å². The molecule has 0 spiro atoms. The number of nitrogens with one attached hydrogen (secondary N) is 1. The van der Waals surface area contributed by atoms with E-state index in [1.165, 1.54) is 11.1 Å². The molecule has 1 aliphatic rings. The van der Waals surface area contributed by atoms with E-state index in [0.29, 0.717) is 5.69 Å². The number of aromatic nitrogens is 2. The Morgan fingerprint density at radius 2 is 2.16 bits per heavy atom. The molecule has 0 bridgehead atoms. The summed E-state index contributed by atoms with van der Waals surface area (Å²) in [4.78, 5) is 12.6. The van der Waals surface area contributed by atoms with Gasteiger partial charge in [0.2, 0.25) is 0 Å². The molecule has 5 heteroatoms. The van der Waals surface area contributed by atoms with E-state index in [0.717, 1.165) is 17.4 Å². The molecular formula is C14H14BrN3O. The lowest BCUT2D eigenvalue weighted by Crippen LogP contribution is -2.42. The van der Waals surface area contributed by atoms with Gasteiger partial charge in [0, 0.05) is 13.6 Å². The largest absolute Gasteiger partial charge is 0.303 e. The Morgan fingerprint density at radius 3 is 2.84 bits per heavy atom. The Labute approximate surface area is 119 Å². The molecule has 0 saturated carbocycles. The molecule has 0 saturated heterocycles. The van der Waals surface area contributed by atoms with Gasteiger partial charge < -0.3 is 5.32 Å². The zero-order chi connectivity index (χ0) is 13.4. The molecule has 0 radical (unpaired) electrons. The highest BCUT2D eigenvalue weighted by molar-refractivity contribution is 9.10. The molecule has 2 heterocycles. The Bertz CT molecular complexity index is 616. The van der Waals surface area contributed by atoms with Gasteiger partial charge in [0.1, 0.15) is 5.69 Å². The Balaban J connectivity index is 1.88. The number of aryl methyl sites for hydroxylation is 1. The molecule has 1 aromatic carbocycles. The van der Waals surface area contributed by atoms with Gasteiger partial charge in [0.05, 0.1) is 16.7 Å². The summed E-state index contributed by atoms with van der Waals surface area (Å²) in [6.45, 7) is 0.738. The quantitative estimate of drug-likeness (QED) is 0.862. The number of carbonyl (C=O) groups is 1. The molecule has 1 aromatic heterocycles. The van der Waals surface area contributed by atoms with E-state index in [1.54, 1.807) is 17.9 Å². The lowest BCUT2D eigenvalue weighted by Gasteiger charge is -2.25. The highest BCUT2D eigenvalue weighted by Crippen LogP contribution is 2.22. The minimum Gasteiger partial charge on any atom is -0.303 e. The molecule has 1 aliphatic heterocycles. The van der Waals surface area contributed by atoms with Crippen LogP contribution in [-0.2, 0) is 20.0 Å². The van der Waals surface area contributed by atoms with Crippen molar-refractivity contribution < 1.29 is 4.79 Å².